The molecule has 0 spiro atoms. The summed E-state index contributed by atoms with van der Waals surface area (Å²) in [6, 6.07) is 0. The average molecular weight is 125 g/mol. The molecule has 0 N–H and O–H groups in total. The molecular formula is C4H8KNO. The van der Waals surface area contributed by atoms with Crippen molar-refractivity contribution in [3.8, 4) is 0 Å². The molecule has 0 unspecified atom stereocenters. The molecule has 3 heteroatoms. The number of Topliss-reactive ketones (excluding diaryl/α,β-unsaturated/α-hetero) is 1. The van der Waals surface area contributed by atoms with Gasteiger partial charge in [0.2, 0.25) is 0 Å². The minimum absolute atomic E-state index is 0. The standard InChI is InChI=1S/C4H8NO.K/c1-4(6)3-5-2;/h3H2,1-2H3;/q-1;+1. The van der Waals surface area contributed by atoms with Gasteiger partial charge in [0.05, 0.1) is 0 Å². The first kappa shape index (κ1) is 11.1. The second kappa shape index (κ2) is 7.27. The van der Waals surface area contributed by atoms with Crippen LogP contribution in [0, 0.1) is 0 Å². The number of nitrogens with zero attached hydrogens (tertiary/aromatic N) is 1. The number of carbonyl (C=O) groups is 1. The number of likely N-dealkylation sites (N-methyl/N-ethyl adjacent to an activating group) is 1. The van der Waals surface area contributed by atoms with Gasteiger partial charge in [0.1, 0.15) is 5.78 Å². The van der Waals surface area contributed by atoms with Gasteiger partial charge >= 0.3 is 51.4 Å². The number of hydrogen-bond acceptors (Lipinski definition) is 1. The van der Waals surface area contributed by atoms with E-state index in [0.717, 1.165) is 0 Å². The Morgan fingerprint density at radius 1 is 1.71 bits per heavy atom. The Morgan fingerprint density at radius 2 is 2.14 bits per heavy atom. The topological polar surface area (TPSA) is 31.2 Å². The third-order valence-electron chi connectivity index (χ3n) is 0.381. The number of ketones is 1. The molecule has 0 radical (unpaired) electrons. The molecule has 0 aliphatic carbocycles. The van der Waals surface area contributed by atoms with Crippen molar-refractivity contribution in [1.82, 2.24) is 0 Å². The van der Waals surface area contributed by atoms with Gasteiger partial charge in [-0.25, -0.2) is 0 Å². The zero-order valence-electron chi connectivity index (χ0n) is 5.06. The van der Waals surface area contributed by atoms with Crippen LogP contribution in [0.2, 0.25) is 0 Å². The summed E-state index contributed by atoms with van der Waals surface area (Å²) in [6.07, 6.45) is 0. The van der Waals surface area contributed by atoms with E-state index in [1.807, 2.05) is 0 Å². The molecule has 0 aromatic carbocycles. The first-order valence-electron chi connectivity index (χ1n) is 1.82. The van der Waals surface area contributed by atoms with Gasteiger partial charge in [-0.2, -0.15) is 7.05 Å². The van der Waals surface area contributed by atoms with Crippen molar-refractivity contribution in [2.45, 2.75) is 6.92 Å². The van der Waals surface area contributed by atoms with E-state index in [-0.39, 0.29) is 57.2 Å². The van der Waals surface area contributed by atoms with Crippen molar-refractivity contribution in [3.63, 3.8) is 0 Å². The van der Waals surface area contributed by atoms with E-state index in [1.165, 1.54) is 6.92 Å². The van der Waals surface area contributed by atoms with Crippen LogP contribution in [0.3, 0.4) is 0 Å². The van der Waals surface area contributed by atoms with Crippen LogP contribution in [0.5, 0.6) is 0 Å². The number of hydrogen-bond donors (Lipinski definition) is 0. The Kier molecular flexibility index (Phi) is 11.5. The fourth-order valence-corrected chi connectivity index (χ4v) is 0.223. The first-order valence-corrected chi connectivity index (χ1v) is 1.82. The van der Waals surface area contributed by atoms with E-state index in [0.29, 0.717) is 6.54 Å². The largest absolute Gasteiger partial charge is 1.00 e. The van der Waals surface area contributed by atoms with E-state index in [9.17, 15) is 4.79 Å². The van der Waals surface area contributed by atoms with Crippen LogP contribution in [0.4, 0.5) is 0 Å². The molecule has 0 amide bonds. The predicted molar refractivity (Wildman–Crippen MR) is 24.8 cm³/mol. The molecule has 0 aliphatic rings. The second-order valence-electron chi connectivity index (χ2n) is 1.18. The van der Waals surface area contributed by atoms with E-state index in [4.69, 9.17) is 0 Å². The molecule has 0 atom stereocenters. The van der Waals surface area contributed by atoms with Gasteiger partial charge in [-0.05, 0) is 6.92 Å². The third-order valence-corrected chi connectivity index (χ3v) is 0.381. The molecule has 0 bridgehead atoms. The van der Waals surface area contributed by atoms with Crippen LogP contribution in [0.15, 0.2) is 0 Å². The van der Waals surface area contributed by atoms with Gasteiger partial charge in [0, 0.05) is 0 Å². The Bertz CT molecular complexity index is 55.7. The van der Waals surface area contributed by atoms with E-state index >= 15 is 0 Å². The van der Waals surface area contributed by atoms with Crippen molar-refractivity contribution in [2.75, 3.05) is 13.6 Å². The van der Waals surface area contributed by atoms with Crippen LogP contribution in [0.25, 0.3) is 5.32 Å². The average Bonchev–Trinajstić information content (AvgIpc) is 1.35. The molecule has 0 aromatic heterocycles. The summed E-state index contributed by atoms with van der Waals surface area (Å²) in [7, 11) is 1.63. The normalized spacial score (nSPS) is 7.14. The summed E-state index contributed by atoms with van der Waals surface area (Å²) in [6.45, 7) is 1.88. The van der Waals surface area contributed by atoms with Crippen molar-refractivity contribution in [3.05, 3.63) is 5.32 Å². The van der Waals surface area contributed by atoms with E-state index in [2.05, 4.69) is 5.32 Å². The minimum atomic E-state index is 0. The predicted octanol–water partition coefficient (Wildman–Crippen LogP) is -2.42. The van der Waals surface area contributed by atoms with Gasteiger partial charge in [-0.15, -0.1) is 0 Å². The van der Waals surface area contributed by atoms with E-state index < -0.39 is 0 Å². The number of carbonyl (C=O) groups excluding carboxylic acids is 1. The third kappa shape index (κ3) is 11.1. The van der Waals surface area contributed by atoms with Gasteiger partial charge in [0.25, 0.3) is 0 Å². The van der Waals surface area contributed by atoms with Gasteiger partial charge in [-0.1, -0.05) is 6.54 Å². The maximum Gasteiger partial charge on any atom is 1.00 e. The van der Waals surface area contributed by atoms with Crippen LogP contribution in [0.1, 0.15) is 6.92 Å². The van der Waals surface area contributed by atoms with Crippen molar-refractivity contribution in [2.24, 2.45) is 0 Å². The Labute approximate surface area is 86.5 Å². The molecule has 36 valence electrons. The summed E-state index contributed by atoms with van der Waals surface area (Å²) < 4.78 is 0. The van der Waals surface area contributed by atoms with Crippen LogP contribution >= 0.6 is 0 Å². The quantitative estimate of drug-likeness (QED) is 0.378. The summed E-state index contributed by atoms with van der Waals surface area (Å²) in [5.41, 5.74) is 0. The summed E-state index contributed by atoms with van der Waals surface area (Å²) >= 11 is 0. The fourth-order valence-electron chi connectivity index (χ4n) is 0.223. The summed E-state index contributed by atoms with van der Waals surface area (Å²) in [5.74, 6) is 0.123. The maximum absolute atomic E-state index is 9.95. The zero-order chi connectivity index (χ0) is 4.99. The molecular weight excluding hydrogens is 117 g/mol. The zero-order valence-corrected chi connectivity index (χ0v) is 8.19. The van der Waals surface area contributed by atoms with Crippen molar-refractivity contribution < 1.29 is 56.2 Å². The molecule has 0 heterocycles. The number of rotatable bonds is 2. The van der Waals surface area contributed by atoms with Gasteiger partial charge in [-0.3, -0.25) is 0 Å². The molecule has 0 rings (SSSR count). The van der Waals surface area contributed by atoms with Crippen LogP contribution in [-0.2, 0) is 4.79 Å². The monoisotopic (exact) mass is 125 g/mol. The SMILES string of the molecule is C[N-]CC(C)=O.[K+]. The second-order valence-corrected chi connectivity index (χ2v) is 1.18. The molecule has 0 aromatic rings. The summed E-state index contributed by atoms with van der Waals surface area (Å²) in [4.78, 5) is 9.95. The van der Waals surface area contributed by atoms with Crippen molar-refractivity contribution >= 4 is 5.78 Å². The van der Waals surface area contributed by atoms with Crippen LogP contribution < -0.4 is 51.4 Å². The molecule has 7 heavy (non-hydrogen) atoms. The van der Waals surface area contributed by atoms with Gasteiger partial charge < -0.3 is 10.1 Å². The summed E-state index contributed by atoms with van der Waals surface area (Å²) in [5, 5.41) is 3.59. The molecule has 0 fully saturated rings. The Balaban J connectivity index is 0. The molecule has 0 saturated carbocycles. The Morgan fingerprint density at radius 3 is 2.14 bits per heavy atom. The molecule has 2 nitrogen and oxygen atoms in total. The smallest absolute Gasteiger partial charge is 0.659 e. The van der Waals surface area contributed by atoms with E-state index in [1.54, 1.807) is 7.05 Å². The molecule has 0 saturated heterocycles. The van der Waals surface area contributed by atoms with Gasteiger partial charge in [0.15, 0.2) is 0 Å². The first-order chi connectivity index (χ1) is 2.77. The fraction of sp³-hybridized carbons (Fsp3) is 0.750. The van der Waals surface area contributed by atoms with Crippen molar-refractivity contribution in [1.29, 1.82) is 0 Å². The molecule has 0 aliphatic heterocycles. The van der Waals surface area contributed by atoms with Crippen LogP contribution in [-0.4, -0.2) is 19.4 Å². The minimum Gasteiger partial charge on any atom is -0.659 e. The maximum atomic E-state index is 9.95. The Hall–Kier alpha value is 1.27.